The highest BCUT2D eigenvalue weighted by Crippen LogP contribution is 2.46. The quantitative estimate of drug-likeness (QED) is 0.715. The minimum Gasteiger partial charge on any atom is -0.345 e. The summed E-state index contributed by atoms with van der Waals surface area (Å²) in [6.07, 6.45) is 7.52. The number of nitrogens with zero attached hydrogens (tertiary/aromatic N) is 4. The van der Waals surface area contributed by atoms with Crippen LogP contribution in [-0.4, -0.2) is 31.8 Å². The second-order valence-electron chi connectivity index (χ2n) is 7.01. The summed E-state index contributed by atoms with van der Waals surface area (Å²) in [6, 6.07) is 7.30. The van der Waals surface area contributed by atoms with Crippen molar-refractivity contribution in [1.82, 2.24) is 25.3 Å². The first-order valence-corrected chi connectivity index (χ1v) is 8.93. The summed E-state index contributed by atoms with van der Waals surface area (Å²) in [7, 11) is 0. The van der Waals surface area contributed by atoms with Crippen molar-refractivity contribution in [2.45, 2.75) is 24.8 Å². The number of amides is 2. The Kier molecular flexibility index (Phi) is 3.65. The maximum atomic E-state index is 12.7. The Bertz CT molecular complexity index is 1100. The molecule has 138 valence electrons. The van der Waals surface area contributed by atoms with Gasteiger partial charge in [0, 0.05) is 24.2 Å². The molecule has 1 spiro atoms. The van der Waals surface area contributed by atoms with E-state index in [2.05, 4.69) is 30.6 Å². The number of nitrogens with one attached hydrogen (secondary N) is 2. The van der Waals surface area contributed by atoms with E-state index in [1.807, 2.05) is 12.1 Å². The van der Waals surface area contributed by atoms with E-state index in [0.29, 0.717) is 30.9 Å². The van der Waals surface area contributed by atoms with E-state index in [1.54, 1.807) is 30.7 Å². The summed E-state index contributed by atoms with van der Waals surface area (Å²) in [5.41, 5.74) is 3.24. The van der Waals surface area contributed by atoms with Gasteiger partial charge >= 0.3 is 0 Å². The zero-order valence-corrected chi connectivity index (χ0v) is 14.8. The van der Waals surface area contributed by atoms with Crippen LogP contribution in [0.15, 0.2) is 49.2 Å². The molecule has 28 heavy (non-hydrogen) atoms. The topological polar surface area (TPSA) is 110 Å². The fourth-order valence-electron chi connectivity index (χ4n) is 3.96. The Labute approximate surface area is 160 Å². The molecule has 1 unspecified atom stereocenters. The lowest BCUT2D eigenvalue weighted by molar-refractivity contribution is -0.120. The van der Waals surface area contributed by atoms with Crippen molar-refractivity contribution in [1.29, 1.82) is 0 Å². The van der Waals surface area contributed by atoms with Crippen LogP contribution in [0.25, 0.3) is 0 Å². The third-order valence-corrected chi connectivity index (χ3v) is 5.36. The lowest BCUT2D eigenvalue weighted by Gasteiger charge is -2.20. The Morgan fingerprint density at radius 2 is 2.04 bits per heavy atom. The highest BCUT2D eigenvalue weighted by molar-refractivity contribution is 6.06. The van der Waals surface area contributed by atoms with Crippen LogP contribution in [0.5, 0.6) is 0 Å². The van der Waals surface area contributed by atoms with Crippen molar-refractivity contribution < 1.29 is 9.59 Å². The van der Waals surface area contributed by atoms with Crippen LogP contribution in [-0.2, 0) is 29.6 Å². The third kappa shape index (κ3) is 2.53. The number of rotatable bonds is 3. The molecule has 2 amide bonds. The van der Waals surface area contributed by atoms with Crippen LogP contribution in [0.4, 0.5) is 5.82 Å². The summed E-state index contributed by atoms with van der Waals surface area (Å²) in [5.74, 6) is 0.295. The van der Waals surface area contributed by atoms with Gasteiger partial charge in [-0.2, -0.15) is 0 Å². The predicted octanol–water partition coefficient (Wildman–Crippen LogP) is 1.19. The Morgan fingerprint density at radius 1 is 1.14 bits per heavy atom. The van der Waals surface area contributed by atoms with Crippen LogP contribution in [0.3, 0.4) is 0 Å². The maximum absolute atomic E-state index is 12.7. The minimum absolute atomic E-state index is 0.0489. The number of pyridine rings is 2. The average molecular weight is 372 g/mol. The molecule has 1 atom stereocenters. The molecule has 2 aliphatic rings. The number of carbonyl (C=O) groups excluding carboxylic acids is 2. The largest absolute Gasteiger partial charge is 0.345 e. The van der Waals surface area contributed by atoms with E-state index in [1.165, 1.54) is 6.33 Å². The molecular formula is C20H16N6O2. The SMILES string of the molecule is O=C(NCc1ccncn1)c1cc2c(cn1)CC1(C2)C(=O)Nc2ncccc21. The normalized spacial score (nSPS) is 19.2. The van der Waals surface area contributed by atoms with Crippen LogP contribution < -0.4 is 10.6 Å². The molecule has 0 aromatic carbocycles. The molecule has 8 nitrogen and oxygen atoms in total. The van der Waals surface area contributed by atoms with Gasteiger partial charge in [0.15, 0.2) is 0 Å². The molecule has 0 saturated carbocycles. The van der Waals surface area contributed by atoms with Crippen LogP contribution in [0.1, 0.15) is 32.9 Å². The van der Waals surface area contributed by atoms with Crippen molar-refractivity contribution in [3.8, 4) is 0 Å². The van der Waals surface area contributed by atoms with E-state index in [9.17, 15) is 9.59 Å². The molecule has 3 aromatic heterocycles. The standard InChI is InChI=1S/C20H16N6O2/c27-18(24-10-14-3-5-21-11-25-14)16-6-12-7-20(8-13(12)9-23-16)15-2-1-4-22-17(15)26-19(20)28/h1-6,9,11H,7-8,10H2,(H,24,27)(H,22,26,28). The van der Waals surface area contributed by atoms with Crippen molar-refractivity contribution in [3.63, 3.8) is 0 Å². The molecule has 4 heterocycles. The van der Waals surface area contributed by atoms with Gasteiger partial charge in [0.05, 0.1) is 17.7 Å². The summed E-state index contributed by atoms with van der Waals surface area (Å²) < 4.78 is 0. The zero-order valence-electron chi connectivity index (χ0n) is 14.8. The monoisotopic (exact) mass is 372 g/mol. The third-order valence-electron chi connectivity index (χ3n) is 5.36. The highest BCUT2D eigenvalue weighted by atomic mass is 16.2. The molecule has 0 saturated heterocycles. The number of hydrogen-bond donors (Lipinski definition) is 2. The molecule has 0 radical (unpaired) electrons. The first kappa shape index (κ1) is 16.5. The van der Waals surface area contributed by atoms with Crippen LogP contribution in [0.2, 0.25) is 0 Å². The summed E-state index contributed by atoms with van der Waals surface area (Å²) >= 11 is 0. The Hall–Kier alpha value is -3.68. The molecule has 1 aliphatic heterocycles. The first-order chi connectivity index (χ1) is 13.7. The number of aromatic nitrogens is 4. The number of hydrogen-bond acceptors (Lipinski definition) is 6. The number of carbonyl (C=O) groups is 2. The summed E-state index contributed by atoms with van der Waals surface area (Å²) in [6.45, 7) is 0.297. The molecule has 3 aromatic rings. The van der Waals surface area contributed by atoms with Gasteiger partial charge in [-0.25, -0.2) is 15.0 Å². The van der Waals surface area contributed by atoms with Gasteiger partial charge in [-0.05, 0) is 42.2 Å². The number of anilines is 1. The number of fused-ring (bicyclic) bond motifs is 3. The second kappa shape index (κ2) is 6.19. The highest BCUT2D eigenvalue weighted by Gasteiger charge is 2.51. The fourth-order valence-corrected chi connectivity index (χ4v) is 3.96. The molecule has 1 aliphatic carbocycles. The van der Waals surface area contributed by atoms with Crippen LogP contribution >= 0.6 is 0 Å². The maximum Gasteiger partial charge on any atom is 0.270 e. The smallest absolute Gasteiger partial charge is 0.270 e. The van der Waals surface area contributed by atoms with E-state index in [-0.39, 0.29) is 11.8 Å². The second-order valence-corrected chi connectivity index (χ2v) is 7.01. The van der Waals surface area contributed by atoms with E-state index >= 15 is 0 Å². The Balaban J connectivity index is 1.38. The molecule has 8 heteroatoms. The first-order valence-electron chi connectivity index (χ1n) is 8.93. The van der Waals surface area contributed by atoms with Gasteiger partial charge in [0.1, 0.15) is 17.8 Å². The zero-order chi connectivity index (χ0) is 19.1. The van der Waals surface area contributed by atoms with Gasteiger partial charge in [0.25, 0.3) is 5.91 Å². The van der Waals surface area contributed by atoms with E-state index < -0.39 is 5.41 Å². The van der Waals surface area contributed by atoms with Crippen molar-refractivity contribution in [2.75, 3.05) is 5.32 Å². The van der Waals surface area contributed by atoms with Crippen molar-refractivity contribution in [2.24, 2.45) is 0 Å². The lowest BCUT2D eigenvalue weighted by atomic mass is 9.79. The fraction of sp³-hybridized carbons (Fsp3) is 0.200. The van der Waals surface area contributed by atoms with Gasteiger partial charge < -0.3 is 10.6 Å². The average Bonchev–Trinajstić information content (AvgIpc) is 3.24. The van der Waals surface area contributed by atoms with E-state index in [0.717, 1.165) is 22.4 Å². The summed E-state index contributed by atoms with van der Waals surface area (Å²) in [4.78, 5) is 41.7. The van der Waals surface area contributed by atoms with Crippen molar-refractivity contribution >= 4 is 17.6 Å². The molecule has 0 bridgehead atoms. The molecular weight excluding hydrogens is 356 g/mol. The lowest BCUT2D eigenvalue weighted by Crippen LogP contribution is -2.35. The predicted molar refractivity (Wildman–Crippen MR) is 99.4 cm³/mol. The van der Waals surface area contributed by atoms with Crippen LogP contribution in [0, 0.1) is 0 Å². The van der Waals surface area contributed by atoms with E-state index in [4.69, 9.17) is 0 Å². The summed E-state index contributed by atoms with van der Waals surface area (Å²) in [5, 5.41) is 5.69. The van der Waals surface area contributed by atoms with Gasteiger partial charge in [-0.3, -0.25) is 14.6 Å². The minimum atomic E-state index is -0.663. The van der Waals surface area contributed by atoms with Crippen molar-refractivity contribution in [3.05, 3.63) is 77.3 Å². The van der Waals surface area contributed by atoms with Gasteiger partial charge in [-0.1, -0.05) is 6.07 Å². The van der Waals surface area contributed by atoms with Gasteiger partial charge in [-0.15, -0.1) is 0 Å². The van der Waals surface area contributed by atoms with Gasteiger partial charge in [0.2, 0.25) is 5.91 Å². The molecule has 2 N–H and O–H groups in total. The molecule has 5 rings (SSSR count). The molecule has 0 fully saturated rings. The Morgan fingerprint density at radius 3 is 2.89 bits per heavy atom.